The van der Waals surface area contributed by atoms with Crippen LogP contribution in [0.4, 0.5) is 5.69 Å². The summed E-state index contributed by atoms with van der Waals surface area (Å²) in [6.45, 7) is 1.79. The lowest BCUT2D eigenvalue weighted by Gasteiger charge is -2.28. The van der Waals surface area contributed by atoms with Crippen LogP contribution in [-0.4, -0.2) is 29.3 Å². The van der Waals surface area contributed by atoms with Crippen LogP contribution in [0.15, 0.2) is 59.2 Å². The van der Waals surface area contributed by atoms with Gasteiger partial charge in [-0.3, -0.25) is 24.2 Å². The second kappa shape index (κ2) is 6.19. The maximum atomic E-state index is 13.1. The minimum absolute atomic E-state index is 0.103. The van der Waals surface area contributed by atoms with Gasteiger partial charge in [0.05, 0.1) is 18.1 Å². The number of para-hydroxylation sites is 1. The molecular weight excluding hydrogens is 356 g/mol. The Kier molecular flexibility index (Phi) is 3.75. The van der Waals surface area contributed by atoms with E-state index >= 15 is 0 Å². The summed E-state index contributed by atoms with van der Waals surface area (Å²) in [5.74, 6) is -0.814. The van der Waals surface area contributed by atoms with Crippen molar-refractivity contribution in [3.8, 4) is 0 Å². The number of furan rings is 1. The highest BCUT2D eigenvalue weighted by Crippen LogP contribution is 2.52. The minimum Gasteiger partial charge on any atom is -0.459 e. The van der Waals surface area contributed by atoms with Crippen LogP contribution in [0.3, 0.4) is 0 Å². The lowest BCUT2D eigenvalue weighted by Crippen LogP contribution is -2.45. The van der Waals surface area contributed by atoms with E-state index in [1.165, 1.54) is 16.1 Å². The molecule has 2 aromatic rings. The SMILES string of the molecule is Cc1ccccc1N(CN1C(=O)[C@@H]2[C@H](C1=O)[C@@H]1C=C[C@H]2C1)C(=O)c1ccco1. The number of anilines is 1. The van der Waals surface area contributed by atoms with Crippen LogP contribution in [0.1, 0.15) is 22.5 Å². The van der Waals surface area contributed by atoms with Crippen molar-refractivity contribution >= 4 is 23.4 Å². The average molecular weight is 376 g/mol. The molecule has 1 aromatic heterocycles. The molecule has 4 atom stereocenters. The quantitative estimate of drug-likeness (QED) is 0.608. The number of amides is 3. The summed E-state index contributed by atoms with van der Waals surface area (Å²) in [7, 11) is 0. The Morgan fingerprint density at radius 1 is 1.07 bits per heavy atom. The van der Waals surface area contributed by atoms with Crippen molar-refractivity contribution in [2.45, 2.75) is 13.3 Å². The molecule has 2 aliphatic carbocycles. The molecule has 142 valence electrons. The van der Waals surface area contributed by atoms with Gasteiger partial charge in [0.25, 0.3) is 5.91 Å². The van der Waals surface area contributed by atoms with Gasteiger partial charge in [0.1, 0.15) is 6.67 Å². The first kappa shape index (κ1) is 17.0. The van der Waals surface area contributed by atoms with E-state index in [2.05, 4.69) is 12.2 Å². The molecular formula is C22H20N2O4. The van der Waals surface area contributed by atoms with E-state index in [0.29, 0.717) is 5.69 Å². The summed E-state index contributed by atoms with van der Waals surface area (Å²) in [6.07, 6.45) is 6.44. The fraction of sp³-hybridized carbons (Fsp3) is 0.318. The molecule has 3 amide bonds. The van der Waals surface area contributed by atoms with Gasteiger partial charge in [0.2, 0.25) is 11.8 Å². The number of likely N-dealkylation sites (tertiary alicyclic amines) is 1. The monoisotopic (exact) mass is 376 g/mol. The van der Waals surface area contributed by atoms with Gasteiger partial charge in [-0.1, -0.05) is 30.4 Å². The summed E-state index contributed by atoms with van der Waals surface area (Å²) < 4.78 is 5.28. The summed E-state index contributed by atoms with van der Waals surface area (Å²) in [5.41, 5.74) is 1.53. The standard InChI is InChI=1S/C22H20N2O4/c1-13-5-2-3-6-16(13)23(20(25)17-7-4-10-28-17)12-24-21(26)18-14-8-9-15(11-14)19(18)22(24)27/h2-10,14-15,18-19H,11-12H2,1H3/t14-,15+,18-,19+. The smallest absolute Gasteiger partial charge is 0.295 e. The fourth-order valence-corrected chi connectivity index (χ4v) is 4.89. The highest BCUT2D eigenvalue weighted by molar-refractivity contribution is 6.09. The van der Waals surface area contributed by atoms with Crippen molar-refractivity contribution in [2.24, 2.45) is 23.7 Å². The maximum Gasteiger partial charge on any atom is 0.295 e. The van der Waals surface area contributed by atoms with Gasteiger partial charge in [-0.25, -0.2) is 0 Å². The molecule has 1 saturated heterocycles. The number of rotatable bonds is 4. The van der Waals surface area contributed by atoms with E-state index in [1.807, 2.05) is 31.2 Å². The lowest BCUT2D eigenvalue weighted by molar-refractivity contribution is -0.140. The Morgan fingerprint density at radius 2 is 1.75 bits per heavy atom. The number of imide groups is 1. The van der Waals surface area contributed by atoms with Gasteiger partial charge in [0, 0.05) is 5.69 Å². The topological polar surface area (TPSA) is 70.8 Å². The fourth-order valence-electron chi connectivity index (χ4n) is 4.89. The zero-order valence-corrected chi connectivity index (χ0v) is 15.4. The minimum atomic E-state index is -0.377. The van der Waals surface area contributed by atoms with Crippen molar-refractivity contribution < 1.29 is 18.8 Å². The zero-order valence-electron chi connectivity index (χ0n) is 15.4. The molecule has 2 fully saturated rings. The Morgan fingerprint density at radius 3 is 2.36 bits per heavy atom. The van der Waals surface area contributed by atoms with Crippen molar-refractivity contribution in [1.82, 2.24) is 4.90 Å². The normalized spacial score (nSPS) is 27.5. The lowest BCUT2D eigenvalue weighted by atomic mass is 9.85. The second-order valence-corrected chi connectivity index (χ2v) is 7.74. The zero-order chi connectivity index (χ0) is 19.4. The predicted molar refractivity (Wildman–Crippen MR) is 101 cm³/mol. The number of allylic oxidation sites excluding steroid dienone is 2. The highest BCUT2D eigenvalue weighted by Gasteiger charge is 2.59. The first-order chi connectivity index (χ1) is 13.6. The summed E-state index contributed by atoms with van der Waals surface area (Å²) in [5, 5.41) is 0. The predicted octanol–water partition coefficient (Wildman–Crippen LogP) is 3.00. The average Bonchev–Trinajstić information content (AvgIpc) is 3.47. The third kappa shape index (κ3) is 2.37. The number of carbonyl (C=O) groups excluding carboxylic acids is 3. The number of hydrogen-bond acceptors (Lipinski definition) is 4. The Labute approximate surface area is 162 Å². The first-order valence-corrected chi connectivity index (χ1v) is 9.51. The van der Waals surface area contributed by atoms with Crippen LogP contribution >= 0.6 is 0 Å². The molecule has 1 aromatic carbocycles. The molecule has 2 bridgehead atoms. The van der Waals surface area contributed by atoms with Crippen LogP contribution in [0.25, 0.3) is 0 Å². The third-order valence-electron chi connectivity index (χ3n) is 6.23. The first-order valence-electron chi connectivity index (χ1n) is 9.51. The third-order valence-corrected chi connectivity index (χ3v) is 6.23. The molecule has 5 rings (SSSR count). The van der Waals surface area contributed by atoms with Crippen molar-refractivity contribution in [2.75, 3.05) is 11.6 Å². The molecule has 1 saturated carbocycles. The van der Waals surface area contributed by atoms with Crippen LogP contribution in [0.2, 0.25) is 0 Å². The number of aryl methyl sites for hydroxylation is 1. The molecule has 0 radical (unpaired) electrons. The van der Waals surface area contributed by atoms with Crippen LogP contribution in [-0.2, 0) is 9.59 Å². The van der Waals surface area contributed by atoms with E-state index < -0.39 is 0 Å². The van der Waals surface area contributed by atoms with E-state index in [4.69, 9.17) is 4.42 Å². The van der Waals surface area contributed by atoms with E-state index in [9.17, 15) is 14.4 Å². The van der Waals surface area contributed by atoms with E-state index in [-0.39, 0.29) is 53.8 Å². The van der Waals surface area contributed by atoms with Crippen molar-refractivity contribution in [1.29, 1.82) is 0 Å². The van der Waals surface area contributed by atoms with Gasteiger partial charge in [-0.15, -0.1) is 0 Å². The van der Waals surface area contributed by atoms with Crippen molar-refractivity contribution in [3.05, 3.63) is 66.1 Å². The number of nitrogens with zero attached hydrogens (tertiary/aromatic N) is 2. The molecule has 0 unspecified atom stereocenters. The Balaban J connectivity index is 1.49. The number of benzene rings is 1. The van der Waals surface area contributed by atoms with Crippen molar-refractivity contribution in [3.63, 3.8) is 0 Å². The summed E-state index contributed by atoms with van der Waals surface area (Å²) in [4.78, 5) is 42.0. The Bertz CT molecular complexity index is 964. The molecule has 6 heteroatoms. The van der Waals surface area contributed by atoms with Gasteiger partial charge in [-0.2, -0.15) is 0 Å². The Hall–Kier alpha value is -3.15. The van der Waals surface area contributed by atoms with E-state index in [1.54, 1.807) is 12.1 Å². The maximum absolute atomic E-state index is 13.1. The molecule has 1 aliphatic heterocycles. The van der Waals surface area contributed by atoms with Gasteiger partial charge in [-0.05, 0) is 48.9 Å². The molecule has 2 heterocycles. The summed E-state index contributed by atoms with van der Waals surface area (Å²) >= 11 is 0. The number of carbonyl (C=O) groups is 3. The molecule has 3 aliphatic rings. The summed E-state index contributed by atoms with van der Waals surface area (Å²) in [6, 6.07) is 10.6. The number of fused-ring (bicyclic) bond motifs is 5. The van der Waals surface area contributed by atoms with Crippen LogP contribution in [0.5, 0.6) is 0 Å². The number of hydrogen-bond donors (Lipinski definition) is 0. The van der Waals surface area contributed by atoms with Gasteiger partial charge < -0.3 is 4.42 Å². The molecule has 0 N–H and O–H groups in total. The molecule has 0 spiro atoms. The van der Waals surface area contributed by atoms with Gasteiger partial charge >= 0.3 is 0 Å². The van der Waals surface area contributed by atoms with Crippen LogP contribution < -0.4 is 4.90 Å². The van der Waals surface area contributed by atoms with Crippen LogP contribution in [0, 0.1) is 30.6 Å². The second-order valence-electron chi connectivity index (χ2n) is 7.74. The van der Waals surface area contributed by atoms with E-state index in [0.717, 1.165) is 12.0 Å². The molecule has 6 nitrogen and oxygen atoms in total. The highest BCUT2D eigenvalue weighted by atomic mass is 16.3. The molecule has 28 heavy (non-hydrogen) atoms. The largest absolute Gasteiger partial charge is 0.459 e. The van der Waals surface area contributed by atoms with Gasteiger partial charge in [0.15, 0.2) is 5.76 Å².